The van der Waals surface area contributed by atoms with Gasteiger partial charge in [0.25, 0.3) is 11.4 Å². The van der Waals surface area contributed by atoms with Gasteiger partial charge in [-0.3, -0.25) is 20.2 Å². The molecule has 0 aliphatic carbocycles. The lowest BCUT2D eigenvalue weighted by molar-refractivity contribution is -0.385. The van der Waals surface area contributed by atoms with E-state index in [-0.39, 0.29) is 29.7 Å². The molecule has 0 atom stereocenters. The van der Waals surface area contributed by atoms with Crippen molar-refractivity contribution in [2.75, 3.05) is 63.9 Å². The number of hydrogen-bond acceptors (Lipinski definition) is 11. The van der Waals surface area contributed by atoms with E-state index in [0.29, 0.717) is 27.9 Å². The zero-order valence-corrected chi connectivity index (χ0v) is 27.4. The number of aliphatic hydroxyl groups is 2. The maximum absolute atomic E-state index is 10.5. The molecule has 0 aliphatic heterocycles. The molecule has 3 N–H and O–H groups in total. The first-order valence-corrected chi connectivity index (χ1v) is 14.6. The Morgan fingerprint density at radius 3 is 1.68 bits per heavy atom. The number of aromatic nitrogens is 2. The Morgan fingerprint density at radius 1 is 0.875 bits per heavy atom. The Morgan fingerprint density at radius 2 is 1.38 bits per heavy atom. The van der Waals surface area contributed by atoms with Crippen molar-refractivity contribution < 1.29 is 20.1 Å². The van der Waals surface area contributed by atoms with E-state index in [1.54, 1.807) is 0 Å². The Hall–Kier alpha value is -2.01. The molecule has 0 fully saturated rings. The quantitative estimate of drug-likeness (QED) is 0.118. The van der Waals surface area contributed by atoms with Crippen molar-refractivity contribution in [1.82, 2.24) is 20.2 Å². The van der Waals surface area contributed by atoms with Gasteiger partial charge in [-0.05, 0) is 65.0 Å². The third-order valence-electron chi connectivity index (χ3n) is 4.94. The van der Waals surface area contributed by atoms with Gasteiger partial charge in [0.1, 0.15) is 23.4 Å². The lowest BCUT2D eigenvalue weighted by atomic mass is 10.3. The van der Waals surface area contributed by atoms with Crippen LogP contribution in [0.3, 0.4) is 0 Å². The normalized spacial score (nSPS) is 9.88. The van der Waals surface area contributed by atoms with E-state index < -0.39 is 9.85 Å². The number of likely N-dealkylation sites (N-methyl/N-ethyl adjacent to an activating group) is 2. The standard InChI is InChI=1S/C9H12BrN3O3.C6H15N.C5H2BrClN2O2.C4H11NO/c1-2-12(3-4-14)9-8(10)5-7(6-11-9)13(15)16;1-4-7(5-2)6-3;6-4-1-3(9(10)11)2-8-5(4)7;1-2-5-3-4-6/h5-6,14H,2-4H2,1H3;4-6H2,1-3H3;1-2H;5-6H,2-4H2,1H3. The van der Waals surface area contributed by atoms with Crippen LogP contribution >= 0.6 is 43.5 Å². The van der Waals surface area contributed by atoms with Crippen LogP contribution in [0.2, 0.25) is 5.15 Å². The predicted octanol–water partition coefficient (Wildman–Crippen LogP) is 4.91. The highest BCUT2D eigenvalue weighted by atomic mass is 79.9. The fourth-order valence-electron chi connectivity index (χ4n) is 2.73. The summed E-state index contributed by atoms with van der Waals surface area (Å²) in [4.78, 5) is 31.5. The zero-order valence-electron chi connectivity index (χ0n) is 23.5. The minimum Gasteiger partial charge on any atom is -0.395 e. The van der Waals surface area contributed by atoms with E-state index >= 15 is 0 Å². The van der Waals surface area contributed by atoms with Crippen molar-refractivity contribution in [3.8, 4) is 0 Å². The van der Waals surface area contributed by atoms with Crippen LogP contribution in [-0.2, 0) is 0 Å². The van der Waals surface area contributed by atoms with Gasteiger partial charge in [0.15, 0.2) is 0 Å². The SMILES string of the molecule is CCN(CC)CC.CCN(CCO)c1ncc([N+](=O)[O-])cc1Br.CCNCCO.O=[N+]([O-])c1cnc(Cl)c(Br)c1. The lowest BCUT2D eigenvalue weighted by Gasteiger charge is -2.21. The van der Waals surface area contributed by atoms with E-state index in [4.69, 9.17) is 21.8 Å². The number of nitrogens with zero attached hydrogens (tertiary/aromatic N) is 6. The van der Waals surface area contributed by atoms with E-state index in [1.807, 2.05) is 18.7 Å². The van der Waals surface area contributed by atoms with Crippen LogP contribution in [-0.4, -0.2) is 94.0 Å². The first kappa shape index (κ1) is 40.1. The molecule has 0 spiro atoms. The van der Waals surface area contributed by atoms with Crippen molar-refractivity contribution in [2.24, 2.45) is 0 Å². The smallest absolute Gasteiger partial charge is 0.288 e. The highest BCUT2D eigenvalue weighted by Gasteiger charge is 2.14. The summed E-state index contributed by atoms with van der Waals surface area (Å²) in [5.74, 6) is 0.599. The molecule has 228 valence electrons. The number of halogens is 3. The Bertz CT molecular complexity index is 981. The topological polar surface area (TPSA) is 171 Å². The molecule has 2 aromatic heterocycles. The number of nitrogens with one attached hydrogen (secondary N) is 1. The van der Waals surface area contributed by atoms with Gasteiger partial charge in [-0.1, -0.05) is 39.3 Å². The van der Waals surface area contributed by atoms with Crippen LogP contribution in [0.1, 0.15) is 34.6 Å². The fraction of sp³-hybridized carbons (Fsp3) is 0.583. The summed E-state index contributed by atoms with van der Waals surface area (Å²) in [6.45, 7) is 17.1. The molecule has 13 nitrogen and oxygen atoms in total. The minimum atomic E-state index is -0.534. The van der Waals surface area contributed by atoms with Gasteiger partial charge >= 0.3 is 0 Å². The molecule has 0 aliphatic rings. The summed E-state index contributed by atoms with van der Waals surface area (Å²) in [5.41, 5.74) is -0.142. The largest absolute Gasteiger partial charge is 0.395 e. The maximum atomic E-state index is 10.5. The van der Waals surface area contributed by atoms with E-state index in [1.165, 1.54) is 38.0 Å². The van der Waals surface area contributed by atoms with E-state index in [2.05, 4.69) is 72.8 Å². The average molecular weight is 718 g/mol. The van der Waals surface area contributed by atoms with Crippen molar-refractivity contribution >= 4 is 60.7 Å². The second-order valence-electron chi connectivity index (χ2n) is 7.48. The number of aliphatic hydroxyl groups excluding tert-OH is 2. The van der Waals surface area contributed by atoms with Gasteiger partial charge in [0.2, 0.25) is 0 Å². The van der Waals surface area contributed by atoms with Crippen molar-refractivity contribution in [2.45, 2.75) is 34.6 Å². The zero-order chi connectivity index (χ0) is 31.1. The summed E-state index contributed by atoms with van der Waals surface area (Å²) >= 11 is 11.8. The molecule has 2 rings (SSSR count). The van der Waals surface area contributed by atoms with Crippen LogP contribution in [0.25, 0.3) is 0 Å². The van der Waals surface area contributed by atoms with Gasteiger partial charge in [-0.15, -0.1) is 0 Å². The summed E-state index contributed by atoms with van der Waals surface area (Å²) in [5, 5.41) is 40.9. The number of pyridine rings is 2. The molecule has 0 unspecified atom stereocenters. The lowest BCUT2D eigenvalue weighted by Crippen LogP contribution is -2.27. The maximum Gasteiger partial charge on any atom is 0.288 e. The summed E-state index contributed by atoms with van der Waals surface area (Å²) in [6, 6.07) is 2.71. The molecular formula is C24H40Br2ClN7O6. The van der Waals surface area contributed by atoms with E-state index in [0.717, 1.165) is 19.3 Å². The Kier molecular flexibility index (Phi) is 24.8. The van der Waals surface area contributed by atoms with Gasteiger partial charge in [0.05, 0.1) is 32.0 Å². The van der Waals surface area contributed by atoms with Crippen LogP contribution in [0.4, 0.5) is 17.2 Å². The second-order valence-corrected chi connectivity index (χ2v) is 9.55. The monoisotopic (exact) mass is 715 g/mol. The molecule has 2 aromatic rings. The second kappa shape index (κ2) is 24.8. The van der Waals surface area contributed by atoms with Crippen LogP contribution in [0.5, 0.6) is 0 Å². The number of hydrogen-bond donors (Lipinski definition) is 3. The van der Waals surface area contributed by atoms with Gasteiger partial charge < -0.3 is 25.3 Å². The summed E-state index contributed by atoms with van der Waals surface area (Å²) < 4.78 is 0.977. The molecule has 0 radical (unpaired) electrons. The number of anilines is 1. The first-order chi connectivity index (χ1) is 19.0. The molecular weight excluding hydrogens is 678 g/mol. The van der Waals surface area contributed by atoms with Crippen molar-refractivity contribution in [1.29, 1.82) is 0 Å². The fourth-order valence-corrected chi connectivity index (χ4v) is 3.75. The third kappa shape index (κ3) is 17.6. The number of nitro groups is 2. The van der Waals surface area contributed by atoms with Crippen LogP contribution < -0.4 is 10.2 Å². The molecule has 40 heavy (non-hydrogen) atoms. The Labute approximate surface area is 257 Å². The van der Waals surface area contributed by atoms with E-state index in [9.17, 15) is 20.2 Å². The third-order valence-corrected chi connectivity index (χ3v) is 6.66. The van der Waals surface area contributed by atoms with Crippen LogP contribution in [0.15, 0.2) is 33.5 Å². The predicted molar refractivity (Wildman–Crippen MR) is 166 cm³/mol. The number of rotatable bonds is 12. The highest BCUT2D eigenvalue weighted by molar-refractivity contribution is 9.11. The minimum absolute atomic E-state index is 0.0128. The van der Waals surface area contributed by atoms with Gasteiger partial charge in [-0.2, -0.15) is 0 Å². The summed E-state index contributed by atoms with van der Waals surface area (Å²) in [7, 11) is 0. The molecule has 0 saturated carbocycles. The van der Waals surface area contributed by atoms with Gasteiger partial charge in [0, 0.05) is 31.8 Å². The molecule has 0 bridgehead atoms. The molecule has 0 aromatic carbocycles. The first-order valence-electron chi connectivity index (χ1n) is 12.6. The van der Waals surface area contributed by atoms with Gasteiger partial charge in [-0.25, -0.2) is 9.97 Å². The van der Waals surface area contributed by atoms with Crippen molar-refractivity contribution in [3.63, 3.8) is 0 Å². The average Bonchev–Trinajstić information content (AvgIpc) is 2.94. The van der Waals surface area contributed by atoms with Crippen LogP contribution in [0, 0.1) is 20.2 Å². The van der Waals surface area contributed by atoms with Crippen molar-refractivity contribution in [3.05, 3.63) is 58.9 Å². The molecule has 2 heterocycles. The summed E-state index contributed by atoms with van der Waals surface area (Å²) in [6.07, 6.45) is 2.31. The highest BCUT2D eigenvalue weighted by Crippen LogP contribution is 2.27. The molecule has 16 heteroatoms. The molecule has 0 amide bonds. The Balaban J connectivity index is 0. The molecule has 0 saturated heterocycles.